The van der Waals surface area contributed by atoms with Gasteiger partial charge >= 0.3 is 0 Å². The van der Waals surface area contributed by atoms with Gasteiger partial charge in [0.15, 0.2) is 0 Å². The molecule has 2 aliphatic rings. The lowest BCUT2D eigenvalue weighted by Gasteiger charge is -2.21. The Kier molecular flexibility index (Phi) is 2.35. The van der Waals surface area contributed by atoms with E-state index in [-0.39, 0.29) is 23.7 Å². The van der Waals surface area contributed by atoms with Gasteiger partial charge in [0.2, 0.25) is 11.8 Å². The number of amides is 2. The second-order valence-electron chi connectivity index (χ2n) is 4.35. The number of nitrogens with one attached hydrogen (secondary N) is 1. The van der Waals surface area contributed by atoms with Crippen molar-refractivity contribution in [2.75, 3.05) is 19.6 Å². The van der Waals surface area contributed by atoms with Crippen LogP contribution in [0.3, 0.4) is 0 Å². The van der Waals surface area contributed by atoms with Crippen molar-refractivity contribution in [3.63, 3.8) is 0 Å². The predicted molar refractivity (Wildman–Crippen MR) is 51.5 cm³/mol. The summed E-state index contributed by atoms with van der Waals surface area (Å²) in [6, 6.07) is 1.86. The zero-order valence-corrected chi connectivity index (χ0v) is 8.45. The maximum atomic E-state index is 11.5. The maximum absolute atomic E-state index is 11.5. The van der Waals surface area contributed by atoms with Crippen molar-refractivity contribution in [1.29, 1.82) is 5.26 Å². The first-order valence-corrected chi connectivity index (χ1v) is 5.07. The topological polar surface area (TPSA) is 73.2 Å². The minimum absolute atomic E-state index is 0.0534. The Balaban J connectivity index is 1.98. The molecule has 2 amide bonds. The average molecular weight is 207 g/mol. The van der Waals surface area contributed by atoms with E-state index in [1.807, 2.05) is 6.07 Å². The Labute approximate surface area is 88.0 Å². The lowest BCUT2D eigenvalue weighted by Crippen LogP contribution is -2.32. The van der Waals surface area contributed by atoms with E-state index in [1.165, 1.54) is 0 Å². The first kappa shape index (κ1) is 9.97. The monoisotopic (exact) mass is 207 g/mol. The van der Waals surface area contributed by atoms with Crippen molar-refractivity contribution < 1.29 is 9.59 Å². The molecule has 1 atom stereocenters. The highest BCUT2D eigenvalue weighted by molar-refractivity contribution is 5.81. The van der Waals surface area contributed by atoms with Crippen LogP contribution in [0, 0.1) is 16.7 Å². The third-order valence-electron chi connectivity index (χ3n) is 3.22. The van der Waals surface area contributed by atoms with Crippen LogP contribution in [0.1, 0.15) is 19.3 Å². The Bertz CT molecular complexity index is 347. The zero-order chi connectivity index (χ0) is 10.9. The molecule has 2 heterocycles. The number of carbonyl (C=O) groups excluding carboxylic acids is 2. The van der Waals surface area contributed by atoms with Gasteiger partial charge in [0.1, 0.15) is 6.42 Å². The Morgan fingerprint density at radius 2 is 2.47 bits per heavy atom. The summed E-state index contributed by atoms with van der Waals surface area (Å²) in [6.45, 7) is 1.96. The molecule has 1 unspecified atom stereocenters. The van der Waals surface area contributed by atoms with Gasteiger partial charge in [-0.2, -0.15) is 5.26 Å². The van der Waals surface area contributed by atoms with Crippen LogP contribution in [-0.2, 0) is 9.59 Å². The first-order chi connectivity index (χ1) is 7.15. The van der Waals surface area contributed by atoms with Gasteiger partial charge in [0, 0.05) is 31.5 Å². The highest BCUT2D eigenvalue weighted by atomic mass is 16.2. The van der Waals surface area contributed by atoms with Crippen molar-refractivity contribution in [3.8, 4) is 6.07 Å². The normalized spacial score (nSPS) is 29.3. The van der Waals surface area contributed by atoms with Crippen LogP contribution >= 0.6 is 0 Å². The van der Waals surface area contributed by atoms with Gasteiger partial charge in [0.25, 0.3) is 0 Å². The zero-order valence-electron chi connectivity index (χ0n) is 8.45. The van der Waals surface area contributed by atoms with Crippen molar-refractivity contribution in [2.45, 2.75) is 19.3 Å². The molecule has 0 radical (unpaired) electrons. The molecule has 2 saturated heterocycles. The van der Waals surface area contributed by atoms with Crippen LogP contribution < -0.4 is 5.32 Å². The average Bonchev–Trinajstić information content (AvgIpc) is 2.76. The van der Waals surface area contributed by atoms with Gasteiger partial charge in [-0.1, -0.05) is 0 Å². The summed E-state index contributed by atoms with van der Waals surface area (Å²) in [7, 11) is 0. The number of rotatable bonds is 1. The summed E-state index contributed by atoms with van der Waals surface area (Å²) in [5, 5.41) is 11.2. The molecule has 5 nitrogen and oxygen atoms in total. The van der Waals surface area contributed by atoms with E-state index in [2.05, 4.69) is 5.32 Å². The van der Waals surface area contributed by atoms with Gasteiger partial charge in [-0.25, -0.2) is 0 Å². The molecule has 15 heavy (non-hydrogen) atoms. The molecule has 1 spiro atoms. The van der Waals surface area contributed by atoms with Crippen molar-refractivity contribution in [1.82, 2.24) is 10.2 Å². The Morgan fingerprint density at radius 3 is 3.07 bits per heavy atom. The highest BCUT2D eigenvalue weighted by Crippen LogP contribution is 2.36. The largest absolute Gasteiger partial charge is 0.355 e. The van der Waals surface area contributed by atoms with E-state index in [9.17, 15) is 9.59 Å². The van der Waals surface area contributed by atoms with Crippen LogP contribution in [0.15, 0.2) is 0 Å². The van der Waals surface area contributed by atoms with Crippen LogP contribution in [0.2, 0.25) is 0 Å². The van der Waals surface area contributed by atoms with Crippen LogP contribution in [-0.4, -0.2) is 36.3 Å². The summed E-state index contributed by atoms with van der Waals surface area (Å²) in [6.07, 6.45) is 1.32. The molecule has 1 N–H and O–H groups in total. The molecule has 0 aromatic carbocycles. The molecule has 0 aromatic heterocycles. The lowest BCUT2D eigenvalue weighted by molar-refractivity contribution is -0.129. The Hall–Kier alpha value is -1.57. The van der Waals surface area contributed by atoms with E-state index in [0.29, 0.717) is 26.1 Å². The Morgan fingerprint density at radius 1 is 1.67 bits per heavy atom. The highest BCUT2D eigenvalue weighted by Gasteiger charge is 2.44. The van der Waals surface area contributed by atoms with E-state index < -0.39 is 0 Å². The molecule has 2 aliphatic heterocycles. The molecule has 0 saturated carbocycles. The molecule has 0 aromatic rings. The van der Waals surface area contributed by atoms with Crippen molar-refractivity contribution >= 4 is 11.8 Å². The third kappa shape index (κ3) is 1.80. The van der Waals surface area contributed by atoms with Gasteiger partial charge in [-0.3, -0.25) is 9.59 Å². The van der Waals surface area contributed by atoms with E-state index >= 15 is 0 Å². The molecule has 0 aliphatic carbocycles. The molecule has 2 rings (SSSR count). The van der Waals surface area contributed by atoms with Crippen molar-refractivity contribution in [3.05, 3.63) is 0 Å². The number of likely N-dealkylation sites (tertiary alicyclic amines) is 1. The molecule has 2 fully saturated rings. The molecular formula is C10H13N3O2. The second kappa shape index (κ2) is 3.54. The predicted octanol–water partition coefficient (Wildman–Crippen LogP) is -0.361. The van der Waals surface area contributed by atoms with E-state index in [4.69, 9.17) is 5.26 Å². The third-order valence-corrected chi connectivity index (χ3v) is 3.22. The summed E-state index contributed by atoms with van der Waals surface area (Å²) in [4.78, 5) is 24.3. The van der Waals surface area contributed by atoms with Gasteiger partial charge < -0.3 is 10.2 Å². The number of nitrogens with zero attached hydrogens (tertiary/aromatic N) is 2. The molecule has 0 bridgehead atoms. The van der Waals surface area contributed by atoms with Crippen LogP contribution in [0.5, 0.6) is 0 Å². The smallest absolute Gasteiger partial charge is 0.236 e. The minimum atomic E-state index is -0.117. The van der Waals surface area contributed by atoms with Crippen LogP contribution in [0.4, 0.5) is 0 Å². The van der Waals surface area contributed by atoms with Gasteiger partial charge in [0.05, 0.1) is 6.07 Å². The molecule has 80 valence electrons. The summed E-state index contributed by atoms with van der Waals surface area (Å²) < 4.78 is 0. The maximum Gasteiger partial charge on any atom is 0.236 e. The lowest BCUT2D eigenvalue weighted by atomic mass is 9.86. The number of hydrogen-bond acceptors (Lipinski definition) is 3. The minimum Gasteiger partial charge on any atom is -0.355 e. The fraction of sp³-hybridized carbons (Fsp3) is 0.700. The van der Waals surface area contributed by atoms with Gasteiger partial charge in [-0.05, 0) is 6.42 Å². The van der Waals surface area contributed by atoms with Crippen LogP contribution in [0.25, 0.3) is 0 Å². The summed E-state index contributed by atoms with van der Waals surface area (Å²) in [5.41, 5.74) is -0.0534. The van der Waals surface area contributed by atoms with Gasteiger partial charge in [-0.15, -0.1) is 0 Å². The quantitative estimate of drug-likeness (QED) is 0.638. The standard InChI is InChI=1S/C10H13N3O2/c11-3-1-9(15)13-4-2-10(7-13)5-8(14)12-6-10/h1-2,4-7H2,(H,12,14). The van der Waals surface area contributed by atoms with Crippen molar-refractivity contribution in [2.24, 2.45) is 5.41 Å². The molecular weight excluding hydrogens is 194 g/mol. The fourth-order valence-corrected chi connectivity index (χ4v) is 2.37. The summed E-state index contributed by atoms with van der Waals surface area (Å²) in [5.74, 6) is -0.0432. The number of carbonyl (C=O) groups is 2. The number of hydrogen-bond donors (Lipinski definition) is 1. The summed E-state index contributed by atoms with van der Waals surface area (Å²) >= 11 is 0. The SMILES string of the molecule is N#CCC(=O)N1CCC2(CNC(=O)C2)C1. The molecule has 5 heteroatoms. The van der Waals surface area contributed by atoms with E-state index in [1.54, 1.807) is 4.90 Å². The second-order valence-corrected chi connectivity index (χ2v) is 4.35. The number of nitriles is 1. The fourth-order valence-electron chi connectivity index (χ4n) is 2.37. The first-order valence-electron chi connectivity index (χ1n) is 5.07. The van der Waals surface area contributed by atoms with E-state index in [0.717, 1.165) is 6.42 Å².